The Bertz CT molecular complexity index is 497. The number of aromatic nitrogens is 1. The summed E-state index contributed by atoms with van der Waals surface area (Å²) in [6, 6.07) is 4.32. The van der Waals surface area contributed by atoms with E-state index in [1.807, 2.05) is 0 Å². The molecule has 0 N–H and O–H groups in total. The largest absolute Gasteiger partial charge is 0.377 e. The average Bonchev–Trinajstić information content (AvgIpc) is 3.00. The molecule has 6 heteroatoms. The molecule has 2 aliphatic heterocycles. The van der Waals surface area contributed by atoms with E-state index >= 15 is 0 Å². The molecule has 21 heavy (non-hydrogen) atoms. The Labute approximate surface area is 123 Å². The lowest BCUT2D eigenvalue weighted by atomic mass is 10.2. The number of ether oxygens (including phenoxy) is 1. The lowest BCUT2D eigenvalue weighted by Gasteiger charge is -2.35. The van der Waals surface area contributed by atoms with E-state index in [4.69, 9.17) is 4.74 Å². The molecule has 2 aliphatic rings. The van der Waals surface area contributed by atoms with Gasteiger partial charge in [0, 0.05) is 39.3 Å². The van der Waals surface area contributed by atoms with Gasteiger partial charge < -0.3 is 9.64 Å². The number of piperazine rings is 1. The van der Waals surface area contributed by atoms with Crippen molar-refractivity contribution in [2.24, 2.45) is 0 Å². The highest BCUT2D eigenvalue weighted by Gasteiger charge is 2.25. The Morgan fingerprint density at radius 2 is 2.14 bits per heavy atom. The van der Waals surface area contributed by atoms with Crippen LogP contribution in [0.2, 0.25) is 0 Å². The van der Waals surface area contributed by atoms with Crippen molar-refractivity contribution in [3.8, 4) is 0 Å². The molecule has 1 aromatic heterocycles. The summed E-state index contributed by atoms with van der Waals surface area (Å²) in [6.45, 7) is 4.80. The zero-order valence-corrected chi connectivity index (χ0v) is 12.0. The van der Waals surface area contributed by atoms with Gasteiger partial charge in [-0.25, -0.2) is 4.98 Å². The topological polar surface area (TPSA) is 45.7 Å². The fourth-order valence-electron chi connectivity index (χ4n) is 2.90. The van der Waals surface area contributed by atoms with Crippen LogP contribution in [-0.4, -0.2) is 66.1 Å². The third-order valence-electron chi connectivity index (χ3n) is 4.08. The lowest BCUT2D eigenvalue weighted by molar-refractivity contribution is 0.0429. The van der Waals surface area contributed by atoms with Crippen molar-refractivity contribution in [2.75, 3.05) is 39.3 Å². The molecule has 0 radical (unpaired) electrons. The number of hydrogen-bond acceptors (Lipinski definition) is 4. The van der Waals surface area contributed by atoms with Crippen LogP contribution >= 0.6 is 0 Å². The molecule has 2 fully saturated rings. The van der Waals surface area contributed by atoms with Crippen LogP contribution in [0.3, 0.4) is 0 Å². The van der Waals surface area contributed by atoms with Crippen LogP contribution in [0.1, 0.15) is 23.3 Å². The highest BCUT2D eigenvalue weighted by atomic mass is 19.1. The van der Waals surface area contributed by atoms with Crippen molar-refractivity contribution >= 4 is 5.91 Å². The van der Waals surface area contributed by atoms with E-state index in [0.717, 1.165) is 39.1 Å². The van der Waals surface area contributed by atoms with Crippen LogP contribution in [0, 0.1) is 5.95 Å². The summed E-state index contributed by atoms with van der Waals surface area (Å²) in [5.41, 5.74) is 0.183. The molecule has 3 rings (SSSR count). The average molecular weight is 293 g/mol. The van der Waals surface area contributed by atoms with E-state index in [-0.39, 0.29) is 11.6 Å². The van der Waals surface area contributed by atoms with E-state index in [1.54, 1.807) is 11.0 Å². The van der Waals surface area contributed by atoms with Gasteiger partial charge in [-0.2, -0.15) is 4.39 Å². The first-order chi connectivity index (χ1) is 10.2. The molecule has 1 amide bonds. The molecule has 0 bridgehead atoms. The van der Waals surface area contributed by atoms with Gasteiger partial charge in [-0.15, -0.1) is 0 Å². The second-order valence-corrected chi connectivity index (χ2v) is 5.57. The summed E-state index contributed by atoms with van der Waals surface area (Å²) in [4.78, 5) is 20.0. The Morgan fingerprint density at radius 3 is 2.81 bits per heavy atom. The second kappa shape index (κ2) is 6.49. The van der Waals surface area contributed by atoms with Crippen molar-refractivity contribution in [1.29, 1.82) is 0 Å². The molecular formula is C15H20FN3O2. The number of carbonyl (C=O) groups excluding carboxylic acids is 1. The maximum absolute atomic E-state index is 13.1. The van der Waals surface area contributed by atoms with Gasteiger partial charge in [0.05, 0.1) is 6.10 Å². The van der Waals surface area contributed by atoms with E-state index in [0.29, 0.717) is 19.2 Å². The Kier molecular flexibility index (Phi) is 4.45. The van der Waals surface area contributed by atoms with Crippen molar-refractivity contribution in [1.82, 2.24) is 14.8 Å². The van der Waals surface area contributed by atoms with Gasteiger partial charge in [0.2, 0.25) is 5.95 Å². The molecule has 3 heterocycles. The summed E-state index contributed by atoms with van der Waals surface area (Å²) in [5.74, 6) is -0.802. The van der Waals surface area contributed by atoms with Crippen LogP contribution in [0.5, 0.6) is 0 Å². The molecule has 0 aromatic carbocycles. The van der Waals surface area contributed by atoms with Gasteiger partial charge in [0.25, 0.3) is 5.91 Å². The Morgan fingerprint density at radius 1 is 1.33 bits per heavy atom. The summed E-state index contributed by atoms with van der Waals surface area (Å²) in [6.07, 6.45) is 2.62. The monoisotopic (exact) mass is 293 g/mol. The Balaban J connectivity index is 1.52. The van der Waals surface area contributed by atoms with Gasteiger partial charge in [0.15, 0.2) is 0 Å². The first-order valence-electron chi connectivity index (χ1n) is 7.48. The van der Waals surface area contributed by atoms with Gasteiger partial charge in [-0.05, 0) is 25.0 Å². The fraction of sp³-hybridized carbons (Fsp3) is 0.600. The SMILES string of the molecule is O=C(c1cccc(F)n1)N1CCN(CC2CCCO2)CC1. The second-order valence-electron chi connectivity index (χ2n) is 5.57. The first-order valence-corrected chi connectivity index (χ1v) is 7.48. The number of amides is 1. The smallest absolute Gasteiger partial charge is 0.272 e. The maximum atomic E-state index is 13.1. The first kappa shape index (κ1) is 14.4. The van der Waals surface area contributed by atoms with E-state index in [9.17, 15) is 9.18 Å². The standard InChI is InChI=1S/C15H20FN3O2/c16-14-5-1-4-13(17-14)15(20)19-8-6-18(7-9-19)11-12-3-2-10-21-12/h1,4-5,12H,2-3,6-11H2. The molecule has 1 aromatic rings. The van der Waals surface area contributed by atoms with E-state index in [1.165, 1.54) is 12.1 Å². The summed E-state index contributed by atoms with van der Waals surface area (Å²) in [7, 11) is 0. The third-order valence-corrected chi connectivity index (χ3v) is 4.08. The molecule has 2 saturated heterocycles. The molecular weight excluding hydrogens is 273 g/mol. The van der Waals surface area contributed by atoms with Crippen molar-refractivity contribution in [3.63, 3.8) is 0 Å². The quantitative estimate of drug-likeness (QED) is 0.785. The molecule has 0 aliphatic carbocycles. The maximum Gasteiger partial charge on any atom is 0.272 e. The molecule has 1 atom stereocenters. The zero-order valence-electron chi connectivity index (χ0n) is 12.0. The molecule has 5 nitrogen and oxygen atoms in total. The predicted molar refractivity (Wildman–Crippen MR) is 75.5 cm³/mol. The molecule has 114 valence electrons. The van der Waals surface area contributed by atoms with Gasteiger partial charge in [-0.3, -0.25) is 9.69 Å². The van der Waals surface area contributed by atoms with Gasteiger partial charge >= 0.3 is 0 Å². The van der Waals surface area contributed by atoms with Crippen LogP contribution in [0.25, 0.3) is 0 Å². The highest BCUT2D eigenvalue weighted by molar-refractivity contribution is 5.92. The summed E-state index contributed by atoms with van der Waals surface area (Å²) < 4.78 is 18.7. The molecule has 0 saturated carbocycles. The number of nitrogens with zero attached hydrogens (tertiary/aromatic N) is 3. The zero-order chi connectivity index (χ0) is 14.7. The van der Waals surface area contributed by atoms with Crippen LogP contribution in [0.15, 0.2) is 18.2 Å². The number of halogens is 1. The minimum absolute atomic E-state index is 0.183. The van der Waals surface area contributed by atoms with Crippen molar-refractivity contribution in [2.45, 2.75) is 18.9 Å². The predicted octanol–water partition coefficient (Wildman–Crippen LogP) is 1.16. The molecule has 0 spiro atoms. The Hall–Kier alpha value is -1.53. The third kappa shape index (κ3) is 3.57. The number of rotatable bonds is 3. The lowest BCUT2D eigenvalue weighted by Crippen LogP contribution is -2.50. The van der Waals surface area contributed by atoms with E-state index in [2.05, 4.69) is 9.88 Å². The van der Waals surface area contributed by atoms with Crippen molar-refractivity contribution in [3.05, 3.63) is 29.8 Å². The number of carbonyl (C=O) groups is 1. The van der Waals surface area contributed by atoms with Crippen molar-refractivity contribution < 1.29 is 13.9 Å². The number of pyridine rings is 1. The number of hydrogen-bond donors (Lipinski definition) is 0. The summed E-state index contributed by atoms with van der Waals surface area (Å²) in [5, 5.41) is 0. The van der Waals surface area contributed by atoms with Crippen LogP contribution in [0.4, 0.5) is 4.39 Å². The highest BCUT2D eigenvalue weighted by Crippen LogP contribution is 2.15. The van der Waals surface area contributed by atoms with Crippen LogP contribution < -0.4 is 0 Å². The van der Waals surface area contributed by atoms with Gasteiger partial charge in [0.1, 0.15) is 5.69 Å². The minimum atomic E-state index is -0.613. The fourth-order valence-corrected chi connectivity index (χ4v) is 2.90. The van der Waals surface area contributed by atoms with E-state index < -0.39 is 5.95 Å². The summed E-state index contributed by atoms with van der Waals surface area (Å²) >= 11 is 0. The minimum Gasteiger partial charge on any atom is -0.377 e. The molecule has 1 unspecified atom stereocenters. The van der Waals surface area contributed by atoms with Gasteiger partial charge in [-0.1, -0.05) is 6.07 Å². The van der Waals surface area contributed by atoms with Crippen LogP contribution in [-0.2, 0) is 4.74 Å². The normalized spacial score (nSPS) is 23.5.